The van der Waals surface area contributed by atoms with Crippen LogP contribution in [0, 0.1) is 12.8 Å². The van der Waals surface area contributed by atoms with Crippen molar-refractivity contribution in [2.75, 3.05) is 20.2 Å². The number of halogens is 3. The zero-order valence-corrected chi connectivity index (χ0v) is 18.8. The summed E-state index contributed by atoms with van der Waals surface area (Å²) >= 11 is 0. The Morgan fingerprint density at radius 1 is 1.09 bits per heavy atom. The molecule has 2 aromatic carbocycles. The highest BCUT2D eigenvalue weighted by Crippen LogP contribution is 2.36. The first-order valence-electron chi connectivity index (χ1n) is 9.94. The number of carbonyl (C=O) groups is 1. The molecule has 0 aliphatic carbocycles. The first-order valence-corrected chi connectivity index (χ1v) is 11.4. The van der Waals surface area contributed by atoms with Gasteiger partial charge in [0.15, 0.2) is 0 Å². The van der Waals surface area contributed by atoms with E-state index in [1.807, 2.05) is 6.92 Å². The van der Waals surface area contributed by atoms with Crippen molar-refractivity contribution >= 4 is 21.6 Å². The van der Waals surface area contributed by atoms with Crippen molar-refractivity contribution in [2.45, 2.75) is 31.3 Å². The summed E-state index contributed by atoms with van der Waals surface area (Å²) in [5.74, 6) is -0.924. The Morgan fingerprint density at radius 3 is 2.22 bits per heavy atom. The van der Waals surface area contributed by atoms with Gasteiger partial charge in [-0.15, -0.1) is 0 Å². The summed E-state index contributed by atoms with van der Waals surface area (Å²) in [5, 5.41) is 0. The molecule has 1 fully saturated rings. The Morgan fingerprint density at radius 2 is 1.69 bits per heavy atom. The number of hydrogen-bond acceptors (Lipinski definition) is 4. The molecule has 1 heterocycles. The lowest BCUT2D eigenvalue weighted by molar-refractivity contribution is -0.141. The molecule has 2 aromatic rings. The van der Waals surface area contributed by atoms with Crippen LogP contribution in [0.3, 0.4) is 0 Å². The number of nitrogens with zero attached hydrogens (tertiary/aromatic N) is 1. The molecular formula is C23H24F3NO4S. The van der Waals surface area contributed by atoms with Crippen molar-refractivity contribution in [2.24, 2.45) is 5.92 Å². The Labute approximate surface area is 185 Å². The lowest BCUT2D eigenvalue weighted by Gasteiger charge is -2.16. The van der Waals surface area contributed by atoms with Crippen molar-refractivity contribution in [1.82, 2.24) is 4.31 Å². The van der Waals surface area contributed by atoms with Gasteiger partial charge in [-0.25, -0.2) is 8.42 Å². The van der Waals surface area contributed by atoms with E-state index in [0.717, 1.165) is 17.7 Å². The molecule has 0 unspecified atom stereocenters. The predicted molar refractivity (Wildman–Crippen MR) is 114 cm³/mol. The molecule has 0 bridgehead atoms. The van der Waals surface area contributed by atoms with E-state index in [0.29, 0.717) is 16.7 Å². The smallest absolute Gasteiger partial charge is 0.416 e. The summed E-state index contributed by atoms with van der Waals surface area (Å²) < 4.78 is 71.1. The lowest BCUT2D eigenvalue weighted by Crippen LogP contribution is -2.29. The standard InChI is InChI=1S/C23H24F3NO4S/c1-15-4-10-20(11-5-15)32(29,30)27-13-18(12-22(28)31-3)21(14-27)16(2)17-6-8-19(9-7-17)23(24,25)26/h4-11,18H,12-14H2,1-3H3/b21-16-/t18-/m0/s1. The molecule has 3 rings (SSSR count). The van der Waals surface area contributed by atoms with Gasteiger partial charge in [0.1, 0.15) is 0 Å². The highest BCUT2D eigenvalue weighted by molar-refractivity contribution is 7.89. The van der Waals surface area contributed by atoms with Gasteiger partial charge in [-0.05, 0) is 54.8 Å². The number of carbonyl (C=O) groups excluding carboxylic acids is 1. The third-order valence-corrected chi connectivity index (χ3v) is 7.52. The number of hydrogen-bond donors (Lipinski definition) is 0. The fourth-order valence-corrected chi connectivity index (χ4v) is 5.24. The van der Waals surface area contributed by atoms with Crippen LogP contribution in [0.2, 0.25) is 0 Å². The normalized spacial score (nSPS) is 19.1. The number of methoxy groups -OCH3 is 1. The molecule has 5 nitrogen and oxygen atoms in total. The van der Waals surface area contributed by atoms with Gasteiger partial charge in [0, 0.05) is 19.0 Å². The quantitative estimate of drug-likeness (QED) is 0.600. The van der Waals surface area contributed by atoms with Crippen molar-refractivity contribution in [3.8, 4) is 0 Å². The molecule has 0 spiro atoms. The van der Waals surface area contributed by atoms with Crippen LogP contribution < -0.4 is 0 Å². The van der Waals surface area contributed by atoms with Gasteiger partial charge < -0.3 is 4.74 Å². The highest BCUT2D eigenvalue weighted by atomic mass is 32.2. The van der Waals surface area contributed by atoms with Gasteiger partial charge in [0.2, 0.25) is 10.0 Å². The zero-order valence-electron chi connectivity index (χ0n) is 17.9. The molecule has 1 atom stereocenters. The van der Waals surface area contributed by atoms with E-state index in [-0.39, 0.29) is 24.4 Å². The number of rotatable bonds is 5. The summed E-state index contributed by atoms with van der Waals surface area (Å²) in [6, 6.07) is 11.2. The molecule has 9 heteroatoms. The molecule has 0 aromatic heterocycles. The maximum atomic E-state index is 13.2. The van der Waals surface area contributed by atoms with Crippen molar-refractivity contribution in [1.29, 1.82) is 0 Å². The van der Waals surface area contributed by atoms with Gasteiger partial charge in [-0.3, -0.25) is 4.79 Å². The number of aryl methyl sites for hydroxylation is 1. The number of sulfonamides is 1. The van der Waals surface area contributed by atoms with Crippen LogP contribution in [0.15, 0.2) is 59.0 Å². The molecule has 172 valence electrons. The summed E-state index contributed by atoms with van der Waals surface area (Å²) in [5.41, 5.74) is 2.03. The molecule has 0 radical (unpaired) electrons. The lowest BCUT2D eigenvalue weighted by atomic mass is 9.91. The van der Waals surface area contributed by atoms with E-state index in [1.54, 1.807) is 19.1 Å². The second-order valence-corrected chi connectivity index (χ2v) is 9.75. The molecular weight excluding hydrogens is 443 g/mol. The number of benzene rings is 2. The largest absolute Gasteiger partial charge is 0.469 e. The number of ether oxygens (including phenoxy) is 1. The van der Waals surface area contributed by atoms with E-state index in [1.165, 1.54) is 35.7 Å². The SMILES string of the molecule is COC(=O)C[C@H]1CN(S(=O)(=O)c2ccc(C)cc2)C/C1=C(\C)c1ccc(C(F)(F)F)cc1. The van der Waals surface area contributed by atoms with Gasteiger partial charge in [-0.1, -0.05) is 29.8 Å². The number of alkyl halides is 3. The minimum atomic E-state index is -4.45. The molecule has 1 aliphatic heterocycles. The fourth-order valence-electron chi connectivity index (χ4n) is 3.77. The fraction of sp³-hybridized carbons (Fsp3) is 0.348. The Hall–Kier alpha value is -2.65. The minimum absolute atomic E-state index is 0.0241. The van der Waals surface area contributed by atoms with E-state index in [9.17, 15) is 26.4 Å². The van der Waals surface area contributed by atoms with E-state index in [4.69, 9.17) is 4.74 Å². The van der Waals surface area contributed by atoms with Crippen LogP contribution in [0.1, 0.15) is 30.0 Å². The third-order valence-electron chi connectivity index (χ3n) is 5.69. The molecule has 0 amide bonds. The monoisotopic (exact) mass is 467 g/mol. The minimum Gasteiger partial charge on any atom is -0.469 e. The predicted octanol–water partition coefficient (Wildman–Crippen LogP) is 4.67. The van der Waals surface area contributed by atoms with Crippen LogP contribution in [0.25, 0.3) is 5.57 Å². The second kappa shape index (κ2) is 9.07. The Bertz CT molecular complexity index is 1120. The average molecular weight is 468 g/mol. The van der Waals surface area contributed by atoms with Crippen LogP contribution in [-0.2, 0) is 25.7 Å². The van der Waals surface area contributed by atoms with E-state index in [2.05, 4.69) is 0 Å². The summed E-state index contributed by atoms with van der Waals surface area (Å²) in [7, 11) is -2.55. The molecule has 1 saturated heterocycles. The maximum Gasteiger partial charge on any atom is 0.416 e. The van der Waals surface area contributed by atoms with E-state index >= 15 is 0 Å². The van der Waals surface area contributed by atoms with Crippen molar-refractivity contribution < 1.29 is 31.1 Å². The first-order chi connectivity index (χ1) is 14.9. The molecule has 1 aliphatic rings. The second-order valence-electron chi connectivity index (χ2n) is 7.81. The molecule has 32 heavy (non-hydrogen) atoms. The van der Waals surface area contributed by atoms with Crippen molar-refractivity contribution in [3.63, 3.8) is 0 Å². The van der Waals surface area contributed by atoms with Crippen LogP contribution in [0.4, 0.5) is 13.2 Å². The van der Waals surface area contributed by atoms with E-state index < -0.39 is 33.7 Å². The van der Waals surface area contributed by atoms with Crippen LogP contribution in [0.5, 0.6) is 0 Å². The van der Waals surface area contributed by atoms with Crippen LogP contribution in [-0.4, -0.2) is 38.9 Å². The molecule has 0 saturated carbocycles. The van der Waals surface area contributed by atoms with Gasteiger partial charge in [0.05, 0.1) is 24.0 Å². The summed E-state index contributed by atoms with van der Waals surface area (Å²) in [6.07, 6.45) is -4.47. The number of allylic oxidation sites excluding steroid dienone is 1. The van der Waals surface area contributed by atoms with Gasteiger partial charge in [-0.2, -0.15) is 17.5 Å². The Balaban J connectivity index is 1.98. The summed E-state index contributed by atoms with van der Waals surface area (Å²) in [6.45, 7) is 3.71. The first kappa shape index (κ1) is 24.0. The highest BCUT2D eigenvalue weighted by Gasteiger charge is 2.38. The Kier molecular flexibility index (Phi) is 6.80. The van der Waals surface area contributed by atoms with Gasteiger partial charge in [0.25, 0.3) is 0 Å². The van der Waals surface area contributed by atoms with Gasteiger partial charge >= 0.3 is 12.1 Å². The van der Waals surface area contributed by atoms with Crippen LogP contribution >= 0.6 is 0 Å². The number of esters is 1. The maximum absolute atomic E-state index is 13.2. The third kappa shape index (κ3) is 5.05. The topological polar surface area (TPSA) is 63.7 Å². The molecule has 0 N–H and O–H groups in total. The van der Waals surface area contributed by atoms with Crippen molar-refractivity contribution in [3.05, 3.63) is 70.8 Å². The zero-order chi connectivity index (χ0) is 23.7. The summed E-state index contributed by atoms with van der Waals surface area (Å²) in [4.78, 5) is 12.1. The average Bonchev–Trinajstić information content (AvgIpc) is 3.17.